The van der Waals surface area contributed by atoms with Crippen LogP contribution in [-0.4, -0.2) is 24.3 Å². The van der Waals surface area contributed by atoms with Crippen LogP contribution in [0.15, 0.2) is 71.2 Å². The SMILES string of the molecule is CCOC(=O)C1=C(N)N(c2ccccc2Cl)C2=C(C(=O)CCC2)C12C(=O)Nc1ccccc12. The van der Waals surface area contributed by atoms with E-state index in [0.717, 1.165) is 0 Å². The molecule has 3 N–H and O–H groups in total. The Labute approximate surface area is 195 Å². The summed E-state index contributed by atoms with van der Waals surface area (Å²) in [7, 11) is 0. The summed E-state index contributed by atoms with van der Waals surface area (Å²) in [6.07, 6.45) is 1.36. The van der Waals surface area contributed by atoms with Crippen LogP contribution in [0.3, 0.4) is 0 Å². The van der Waals surface area contributed by atoms with Crippen molar-refractivity contribution in [1.82, 2.24) is 0 Å². The van der Waals surface area contributed by atoms with Crippen molar-refractivity contribution in [2.24, 2.45) is 5.73 Å². The lowest BCUT2D eigenvalue weighted by molar-refractivity contribution is -0.140. The number of hydrogen-bond donors (Lipinski definition) is 2. The molecule has 2 aromatic rings. The van der Waals surface area contributed by atoms with Crippen molar-refractivity contribution in [2.75, 3.05) is 16.8 Å². The highest BCUT2D eigenvalue weighted by Crippen LogP contribution is 2.55. The molecule has 0 bridgehead atoms. The van der Waals surface area contributed by atoms with Gasteiger partial charge in [-0.3, -0.25) is 14.5 Å². The van der Waals surface area contributed by atoms with Crippen LogP contribution in [-0.2, 0) is 24.5 Å². The maximum atomic E-state index is 13.7. The average molecular weight is 464 g/mol. The Hall–Kier alpha value is -3.58. The van der Waals surface area contributed by atoms with Gasteiger partial charge in [0.25, 0.3) is 0 Å². The Morgan fingerprint density at radius 3 is 2.64 bits per heavy atom. The number of carbonyl (C=O) groups is 3. The van der Waals surface area contributed by atoms with Gasteiger partial charge in [-0.15, -0.1) is 0 Å². The highest BCUT2D eigenvalue weighted by atomic mass is 35.5. The van der Waals surface area contributed by atoms with Crippen molar-refractivity contribution in [1.29, 1.82) is 0 Å². The van der Waals surface area contributed by atoms with Gasteiger partial charge in [0.05, 0.1) is 17.3 Å². The fourth-order valence-electron chi connectivity index (χ4n) is 5.17. The van der Waals surface area contributed by atoms with E-state index >= 15 is 0 Å². The molecule has 8 heteroatoms. The first kappa shape index (κ1) is 21.3. The van der Waals surface area contributed by atoms with Crippen LogP contribution in [0, 0.1) is 0 Å². The zero-order valence-corrected chi connectivity index (χ0v) is 18.7. The fourth-order valence-corrected chi connectivity index (χ4v) is 5.39. The van der Waals surface area contributed by atoms with Crippen molar-refractivity contribution >= 4 is 40.6 Å². The number of nitrogens with one attached hydrogen (secondary N) is 1. The molecule has 2 aliphatic heterocycles. The van der Waals surface area contributed by atoms with Crippen molar-refractivity contribution in [3.63, 3.8) is 0 Å². The number of benzene rings is 2. The third-order valence-corrected chi connectivity index (χ3v) is 6.71. The molecule has 2 aromatic carbocycles. The molecule has 1 spiro atoms. The molecule has 1 atom stereocenters. The first-order chi connectivity index (χ1) is 15.9. The van der Waals surface area contributed by atoms with Crippen LogP contribution >= 0.6 is 11.6 Å². The maximum absolute atomic E-state index is 13.7. The van der Waals surface area contributed by atoms with Crippen LogP contribution in [0.2, 0.25) is 5.02 Å². The van der Waals surface area contributed by atoms with E-state index in [1.165, 1.54) is 0 Å². The van der Waals surface area contributed by atoms with E-state index in [2.05, 4.69) is 5.32 Å². The lowest BCUT2D eigenvalue weighted by Gasteiger charge is -2.44. The molecule has 0 saturated heterocycles. The number of carbonyl (C=O) groups excluding carboxylic acids is 3. The highest BCUT2D eigenvalue weighted by Gasteiger charge is 2.61. The number of ether oxygens (including phenoxy) is 1. The number of rotatable bonds is 3. The largest absolute Gasteiger partial charge is 0.462 e. The second kappa shape index (κ2) is 7.78. The van der Waals surface area contributed by atoms with Crippen LogP contribution in [0.25, 0.3) is 0 Å². The number of nitrogens with zero attached hydrogens (tertiary/aromatic N) is 1. The maximum Gasteiger partial charge on any atom is 0.339 e. The molecule has 0 fully saturated rings. The third-order valence-electron chi connectivity index (χ3n) is 6.39. The van der Waals surface area contributed by atoms with E-state index in [1.807, 2.05) is 0 Å². The predicted octanol–water partition coefficient (Wildman–Crippen LogP) is 3.79. The number of hydrogen-bond acceptors (Lipinski definition) is 6. The van der Waals surface area contributed by atoms with Gasteiger partial charge in [-0.1, -0.05) is 41.9 Å². The van der Waals surface area contributed by atoms with Gasteiger partial charge in [-0.05, 0) is 38.0 Å². The summed E-state index contributed by atoms with van der Waals surface area (Å²) in [4.78, 5) is 42.3. The molecule has 0 saturated carbocycles. The predicted molar refractivity (Wildman–Crippen MR) is 124 cm³/mol. The number of ketones is 1. The van der Waals surface area contributed by atoms with Gasteiger partial charge in [-0.2, -0.15) is 0 Å². The smallest absolute Gasteiger partial charge is 0.339 e. The highest BCUT2D eigenvalue weighted by molar-refractivity contribution is 6.33. The topological polar surface area (TPSA) is 102 Å². The Morgan fingerprint density at radius 2 is 1.88 bits per heavy atom. The molecule has 1 amide bonds. The van der Waals surface area contributed by atoms with Gasteiger partial charge in [0, 0.05) is 28.9 Å². The molecule has 1 unspecified atom stereocenters. The molecule has 2 heterocycles. The van der Waals surface area contributed by atoms with Crippen LogP contribution in [0.4, 0.5) is 11.4 Å². The van der Waals surface area contributed by atoms with E-state index < -0.39 is 17.3 Å². The molecule has 3 aliphatic rings. The minimum absolute atomic E-state index is 0.0295. The van der Waals surface area contributed by atoms with Crippen molar-refractivity contribution in [3.8, 4) is 0 Å². The second-order valence-corrected chi connectivity index (χ2v) is 8.52. The van der Waals surface area contributed by atoms with Crippen molar-refractivity contribution < 1.29 is 19.1 Å². The number of para-hydroxylation sites is 2. The Kier molecular flexibility index (Phi) is 5.01. The number of nitrogens with two attached hydrogens (primary N) is 1. The first-order valence-corrected chi connectivity index (χ1v) is 11.2. The van der Waals surface area contributed by atoms with Crippen LogP contribution in [0.1, 0.15) is 31.7 Å². The Morgan fingerprint density at radius 1 is 1.15 bits per heavy atom. The van der Waals surface area contributed by atoms with Crippen LogP contribution < -0.4 is 16.0 Å². The fraction of sp³-hybridized carbons (Fsp3) is 0.240. The van der Waals surface area contributed by atoms with Gasteiger partial charge in [-0.25, -0.2) is 4.79 Å². The van der Waals surface area contributed by atoms with Gasteiger partial charge in [0.15, 0.2) is 5.78 Å². The Bertz CT molecular complexity index is 1280. The normalized spacial score (nSPS) is 21.8. The number of anilines is 2. The first-order valence-electron chi connectivity index (χ1n) is 10.8. The summed E-state index contributed by atoms with van der Waals surface area (Å²) in [6, 6.07) is 14.1. The number of fused-ring (bicyclic) bond motifs is 3. The minimum atomic E-state index is -1.68. The monoisotopic (exact) mass is 463 g/mol. The summed E-state index contributed by atoms with van der Waals surface area (Å²) in [6.45, 7) is 1.76. The minimum Gasteiger partial charge on any atom is -0.462 e. The van der Waals surface area contributed by atoms with E-state index in [4.69, 9.17) is 22.1 Å². The summed E-state index contributed by atoms with van der Waals surface area (Å²) in [5.41, 5.74) is 7.37. The van der Waals surface area contributed by atoms with Gasteiger partial charge < -0.3 is 15.8 Å². The molecule has 0 aromatic heterocycles. The molecule has 5 rings (SSSR count). The summed E-state index contributed by atoms with van der Waals surface area (Å²) in [5, 5.41) is 3.26. The Balaban J connectivity index is 1.91. The summed E-state index contributed by atoms with van der Waals surface area (Å²) >= 11 is 6.52. The van der Waals surface area contributed by atoms with E-state index in [-0.39, 0.29) is 35.8 Å². The van der Waals surface area contributed by atoms with E-state index in [1.54, 1.807) is 60.4 Å². The molecular formula is C25H22ClN3O4. The second-order valence-electron chi connectivity index (χ2n) is 8.12. The van der Waals surface area contributed by atoms with E-state index in [9.17, 15) is 14.4 Å². The number of esters is 1. The zero-order chi connectivity index (χ0) is 23.3. The molecular weight excluding hydrogens is 442 g/mol. The van der Waals surface area contributed by atoms with E-state index in [0.29, 0.717) is 40.5 Å². The number of amides is 1. The van der Waals surface area contributed by atoms with Crippen molar-refractivity contribution in [2.45, 2.75) is 31.6 Å². The molecule has 33 heavy (non-hydrogen) atoms. The molecule has 1 aliphatic carbocycles. The summed E-state index contributed by atoms with van der Waals surface area (Å²) < 4.78 is 5.38. The summed E-state index contributed by atoms with van der Waals surface area (Å²) in [5.74, 6) is -1.41. The number of halogens is 1. The lowest BCUT2D eigenvalue weighted by atomic mass is 9.63. The average Bonchev–Trinajstić information content (AvgIpc) is 3.07. The third kappa shape index (κ3) is 2.85. The quantitative estimate of drug-likeness (QED) is 0.671. The van der Waals surface area contributed by atoms with Gasteiger partial charge in [0.1, 0.15) is 16.8 Å². The van der Waals surface area contributed by atoms with Crippen molar-refractivity contribution in [3.05, 3.63) is 81.8 Å². The molecule has 0 radical (unpaired) electrons. The lowest BCUT2D eigenvalue weighted by Crippen LogP contribution is -2.53. The van der Waals surface area contributed by atoms with Gasteiger partial charge in [0.2, 0.25) is 5.91 Å². The standard InChI is InChI=1S/C25H22ClN3O4/c1-2-33-23(31)21-22(27)29(17-11-6-4-9-15(17)26)18-12-7-13-19(30)20(18)25(21)14-8-3-5-10-16(14)28-24(25)32/h3-6,8-11H,2,7,12-13,27H2,1H3,(H,28,32). The number of allylic oxidation sites excluding steroid dienone is 1. The number of Topliss-reactive ketones (excluding diaryl/α,β-unsaturated/α-hetero) is 1. The van der Waals surface area contributed by atoms with Gasteiger partial charge >= 0.3 is 5.97 Å². The van der Waals surface area contributed by atoms with Crippen LogP contribution in [0.5, 0.6) is 0 Å². The molecule has 7 nitrogen and oxygen atoms in total. The molecule has 168 valence electrons. The zero-order valence-electron chi connectivity index (χ0n) is 18.0.